The summed E-state index contributed by atoms with van der Waals surface area (Å²) in [5.41, 5.74) is 0.238. The third-order valence-corrected chi connectivity index (χ3v) is 2.36. The molecule has 0 radical (unpaired) electrons. The first-order valence-electron chi connectivity index (χ1n) is 5.38. The Hall–Kier alpha value is -1.13. The third kappa shape index (κ3) is 3.79. The lowest BCUT2D eigenvalue weighted by molar-refractivity contribution is -0.120. The number of hydrogen-bond donors (Lipinski definition) is 1. The maximum absolute atomic E-state index is 12.2. The molecular formula is C11H17F2NO2. The van der Waals surface area contributed by atoms with Crippen LogP contribution in [0.2, 0.25) is 0 Å². The van der Waals surface area contributed by atoms with Crippen LogP contribution < -0.4 is 5.32 Å². The van der Waals surface area contributed by atoms with Gasteiger partial charge in [0.15, 0.2) is 0 Å². The topological polar surface area (TPSA) is 38.3 Å². The molecule has 16 heavy (non-hydrogen) atoms. The quantitative estimate of drug-likeness (QED) is 0.585. The molecule has 1 rings (SSSR count). The molecule has 0 unspecified atom stereocenters. The van der Waals surface area contributed by atoms with Gasteiger partial charge in [0.1, 0.15) is 5.76 Å². The van der Waals surface area contributed by atoms with Crippen LogP contribution in [-0.2, 0) is 9.53 Å². The summed E-state index contributed by atoms with van der Waals surface area (Å²) in [7, 11) is 0. The summed E-state index contributed by atoms with van der Waals surface area (Å²) in [6, 6.07) is 0.211. The van der Waals surface area contributed by atoms with E-state index in [-0.39, 0.29) is 29.2 Å². The molecule has 3 nitrogen and oxygen atoms in total. The fraction of sp³-hybridized carbons (Fsp3) is 0.727. The van der Waals surface area contributed by atoms with Crippen molar-refractivity contribution in [3.8, 4) is 0 Å². The van der Waals surface area contributed by atoms with Gasteiger partial charge in [0.05, 0.1) is 5.57 Å². The molecule has 1 aliphatic carbocycles. The summed E-state index contributed by atoms with van der Waals surface area (Å²) in [5, 5.41) is 2.74. The van der Waals surface area contributed by atoms with Crippen molar-refractivity contribution in [2.75, 3.05) is 0 Å². The molecular weight excluding hydrogens is 216 g/mol. The number of rotatable bonds is 5. The van der Waals surface area contributed by atoms with Gasteiger partial charge in [0, 0.05) is 12.0 Å². The van der Waals surface area contributed by atoms with Crippen LogP contribution >= 0.6 is 0 Å². The number of carbonyl (C=O) groups excluding carboxylic acids is 1. The average Bonchev–Trinajstić information content (AvgIpc) is 2.96. The van der Waals surface area contributed by atoms with Gasteiger partial charge in [-0.25, -0.2) is 0 Å². The fourth-order valence-electron chi connectivity index (χ4n) is 1.39. The molecule has 0 aromatic rings. The minimum atomic E-state index is -2.89. The Morgan fingerprint density at radius 3 is 2.31 bits per heavy atom. The van der Waals surface area contributed by atoms with Crippen LogP contribution in [0.25, 0.3) is 0 Å². The average molecular weight is 233 g/mol. The van der Waals surface area contributed by atoms with Crippen molar-refractivity contribution in [3.05, 3.63) is 11.3 Å². The highest BCUT2D eigenvalue weighted by Gasteiger charge is 2.26. The van der Waals surface area contributed by atoms with Crippen LogP contribution in [0, 0.1) is 5.92 Å². The summed E-state index contributed by atoms with van der Waals surface area (Å²) in [6.07, 6.45) is 1.93. The van der Waals surface area contributed by atoms with E-state index in [4.69, 9.17) is 0 Å². The number of carbonyl (C=O) groups is 1. The molecule has 0 atom stereocenters. The van der Waals surface area contributed by atoms with Crippen molar-refractivity contribution >= 4 is 5.91 Å². The first-order valence-corrected chi connectivity index (χ1v) is 5.38. The van der Waals surface area contributed by atoms with Gasteiger partial charge in [-0.05, 0) is 19.8 Å². The zero-order chi connectivity index (χ0) is 12.3. The predicted octanol–water partition coefficient (Wildman–Crippen LogP) is 2.43. The van der Waals surface area contributed by atoms with Gasteiger partial charge < -0.3 is 10.1 Å². The monoisotopic (exact) mass is 233 g/mol. The van der Waals surface area contributed by atoms with E-state index in [0.29, 0.717) is 0 Å². The summed E-state index contributed by atoms with van der Waals surface area (Å²) >= 11 is 0. The number of hydrogen-bond acceptors (Lipinski definition) is 2. The van der Waals surface area contributed by atoms with Crippen molar-refractivity contribution in [1.82, 2.24) is 5.32 Å². The lowest BCUT2D eigenvalue weighted by atomic mass is 10.1. The Morgan fingerprint density at radius 2 is 1.94 bits per heavy atom. The smallest absolute Gasteiger partial charge is 0.387 e. The number of amides is 1. The first-order chi connectivity index (χ1) is 7.41. The summed E-state index contributed by atoms with van der Waals surface area (Å²) in [6.45, 7) is 2.05. The minimum Gasteiger partial charge on any atom is -0.439 e. The third-order valence-electron chi connectivity index (χ3n) is 2.36. The number of ether oxygens (including phenoxy) is 1. The van der Waals surface area contributed by atoms with Crippen LogP contribution in [-0.4, -0.2) is 18.6 Å². The molecule has 1 fully saturated rings. The molecule has 0 spiro atoms. The van der Waals surface area contributed by atoms with Crippen LogP contribution in [0.15, 0.2) is 11.3 Å². The van der Waals surface area contributed by atoms with Crippen molar-refractivity contribution in [3.63, 3.8) is 0 Å². The molecule has 1 amide bonds. The molecule has 5 heteroatoms. The fourth-order valence-corrected chi connectivity index (χ4v) is 1.39. The summed E-state index contributed by atoms with van der Waals surface area (Å²) in [5.74, 6) is -0.487. The Morgan fingerprint density at radius 1 is 1.38 bits per heavy atom. The highest BCUT2D eigenvalue weighted by atomic mass is 19.3. The second-order valence-electron chi connectivity index (χ2n) is 4.27. The Kier molecular flexibility index (Phi) is 4.26. The highest BCUT2D eigenvalue weighted by Crippen LogP contribution is 2.22. The van der Waals surface area contributed by atoms with Crippen molar-refractivity contribution in [1.29, 1.82) is 0 Å². The van der Waals surface area contributed by atoms with Crippen molar-refractivity contribution in [2.45, 2.75) is 46.3 Å². The predicted molar refractivity (Wildman–Crippen MR) is 55.8 cm³/mol. The van der Waals surface area contributed by atoms with Crippen molar-refractivity contribution < 1.29 is 18.3 Å². The molecule has 0 heterocycles. The number of allylic oxidation sites excluding steroid dienone is 1. The zero-order valence-corrected chi connectivity index (χ0v) is 9.72. The maximum Gasteiger partial charge on any atom is 0.387 e. The largest absolute Gasteiger partial charge is 0.439 e. The molecule has 0 saturated heterocycles. The van der Waals surface area contributed by atoms with Gasteiger partial charge in [-0.15, -0.1) is 0 Å². The molecule has 1 saturated carbocycles. The number of alkyl halides is 2. The van der Waals surface area contributed by atoms with Gasteiger partial charge >= 0.3 is 6.61 Å². The van der Waals surface area contributed by atoms with E-state index in [0.717, 1.165) is 12.8 Å². The molecule has 92 valence electrons. The van der Waals surface area contributed by atoms with E-state index in [1.54, 1.807) is 13.8 Å². The maximum atomic E-state index is 12.2. The zero-order valence-electron chi connectivity index (χ0n) is 9.72. The van der Waals surface area contributed by atoms with Gasteiger partial charge in [-0.2, -0.15) is 8.78 Å². The SMILES string of the molecule is C/C(C(=O)NC1CC1)=C(/OC(F)F)C(C)C. The standard InChI is InChI=1S/C11H17F2NO2/c1-6(2)9(16-11(12)13)7(3)10(15)14-8-4-5-8/h6,8,11H,4-5H2,1-3H3,(H,14,15)/b9-7-. The lowest BCUT2D eigenvalue weighted by Gasteiger charge is -2.16. The molecule has 1 N–H and O–H groups in total. The highest BCUT2D eigenvalue weighted by molar-refractivity contribution is 5.93. The van der Waals surface area contributed by atoms with Crippen LogP contribution in [0.1, 0.15) is 33.6 Å². The van der Waals surface area contributed by atoms with E-state index < -0.39 is 6.61 Å². The Balaban J connectivity index is 2.72. The molecule has 0 aliphatic heterocycles. The molecule has 0 aromatic carbocycles. The Labute approximate surface area is 93.8 Å². The van der Waals surface area contributed by atoms with Gasteiger partial charge in [-0.1, -0.05) is 13.8 Å². The van der Waals surface area contributed by atoms with Crippen molar-refractivity contribution in [2.24, 2.45) is 5.92 Å². The number of halogens is 2. The molecule has 0 aromatic heterocycles. The van der Waals surface area contributed by atoms with Crippen LogP contribution in [0.4, 0.5) is 8.78 Å². The Bertz CT molecular complexity index is 296. The second-order valence-corrected chi connectivity index (χ2v) is 4.27. The lowest BCUT2D eigenvalue weighted by Crippen LogP contribution is -2.28. The molecule has 0 bridgehead atoms. The van der Waals surface area contributed by atoms with E-state index in [9.17, 15) is 13.6 Å². The van der Waals surface area contributed by atoms with E-state index in [1.807, 2.05) is 0 Å². The summed E-state index contributed by atoms with van der Waals surface area (Å²) < 4.78 is 28.7. The van der Waals surface area contributed by atoms with Gasteiger partial charge in [0.2, 0.25) is 0 Å². The van der Waals surface area contributed by atoms with Crippen LogP contribution in [0.5, 0.6) is 0 Å². The van der Waals surface area contributed by atoms with Gasteiger partial charge in [0.25, 0.3) is 5.91 Å². The second kappa shape index (κ2) is 5.27. The van der Waals surface area contributed by atoms with E-state index >= 15 is 0 Å². The minimum absolute atomic E-state index is 0.0631. The number of nitrogens with one attached hydrogen (secondary N) is 1. The summed E-state index contributed by atoms with van der Waals surface area (Å²) in [4.78, 5) is 11.6. The van der Waals surface area contributed by atoms with E-state index in [1.165, 1.54) is 6.92 Å². The van der Waals surface area contributed by atoms with Gasteiger partial charge in [-0.3, -0.25) is 4.79 Å². The first kappa shape index (κ1) is 12.9. The normalized spacial score (nSPS) is 17.4. The molecule has 1 aliphatic rings. The van der Waals surface area contributed by atoms with Crippen LogP contribution in [0.3, 0.4) is 0 Å². The van der Waals surface area contributed by atoms with E-state index in [2.05, 4.69) is 10.1 Å².